The third-order valence-electron chi connectivity index (χ3n) is 3.82. The SMILES string of the molecule is CC(Cn1cnc2ccc(C(=O)O)cc21)C(C)(C)C. The Morgan fingerprint density at radius 2 is 2.11 bits per heavy atom. The number of imidazole rings is 1. The van der Waals surface area contributed by atoms with Crippen molar-refractivity contribution in [3.63, 3.8) is 0 Å². The Morgan fingerprint density at radius 3 is 2.68 bits per heavy atom. The molecule has 102 valence electrons. The zero-order valence-corrected chi connectivity index (χ0v) is 11.8. The van der Waals surface area contributed by atoms with Crippen molar-refractivity contribution in [2.75, 3.05) is 0 Å². The second kappa shape index (κ2) is 4.68. The molecule has 1 atom stereocenters. The maximum atomic E-state index is 11.0. The summed E-state index contributed by atoms with van der Waals surface area (Å²) in [6.45, 7) is 9.66. The Morgan fingerprint density at radius 1 is 1.42 bits per heavy atom. The number of aromatic nitrogens is 2. The van der Waals surface area contributed by atoms with Crippen LogP contribution in [-0.4, -0.2) is 20.6 Å². The minimum Gasteiger partial charge on any atom is -0.478 e. The predicted octanol–water partition coefficient (Wildman–Crippen LogP) is 3.42. The molecule has 4 heteroatoms. The van der Waals surface area contributed by atoms with E-state index in [4.69, 9.17) is 5.11 Å². The average molecular weight is 260 g/mol. The van der Waals surface area contributed by atoms with Crippen molar-refractivity contribution in [1.82, 2.24) is 9.55 Å². The second-order valence-electron chi connectivity index (χ2n) is 6.17. The van der Waals surface area contributed by atoms with Crippen LogP contribution in [0.4, 0.5) is 0 Å². The highest BCUT2D eigenvalue weighted by atomic mass is 16.4. The summed E-state index contributed by atoms with van der Waals surface area (Å²) < 4.78 is 2.04. The Bertz CT molecular complexity index is 608. The molecule has 0 radical (unpaired) electrons. The van der Waals surface area contributed by atoms with E-state index in [0.29, 0.717) is 11.5 Å². The van der Waals surface area contributed by atoms with Gasteiger partial charge in [0.15, 0.2) is 0 Å². The number of hydrogen-bond acceptors (Lipinski definition) is 2. The van der Waals surface area contributed by atoms with Gasteiger partial charge in [0.05, 0.1) is 22.9 Å². The summed E-state index contributed by atoms with van der Waals surface area (Å²) >= 11 is 0. The Kier molecular flexibility index (Phi) is 3.35. The molecule has 2 rings (SSSR count). The third-order valence-corrected chi connectivity index (χ3v) is 3.82. The van der Waals surface area contributed by atoms with Crippen molar-refractivity contribution in [3.05, 3.63) is 30.1 Å². The van der Waals surface area contributed by atoms with Gasteiger partial charge in [0.2, 0.25) is 0 Å². The van der Waals surface area contributed by atoms with Gasteiger partial charge in [0, 0.05) is 6.54 Å². The number of aromatic carboxylic acids is 1. The first-order chi connectivity index (χ1) is 8.79. The standard InChI is InChI=1S/C15H20N2O2/c1-10(15(2,3)4)8-17-9-16-12-6-5-11(14(18)19)7-13(12)17/h5-7,9-10H,8H2,1-4H3,(H,18,19). The molecule has 19 heavy (non-hydrogen) atoms. The molecule has 1 N–H and O–H groups in total. The van der Waals surface area contributed by atoms with Crippen LogP contribution in [0.15, 0.2) is 24.5 Å². The van der Waals surface area contributed by atoms with Crippen LogP contribution in [0.25, 0.3) is 11.0 Å². The molecule has 0 saturated carbocycles. The van der Waals surface area contributed by atoms with E-state index in [-0.39, 0.29) is 5.41 Å². The molecule has 0 aliphatic carbocycles. The number of carboxylic acid groups (broad SMARTS) is 1. The van der Waals surface area contributed by atoms with Crippen LogP contribution in [0.5, 0.6) is 0 Å². The van der Waals surface area contributed by atoms with Gasteiger partial charge in [-0.05, 0) is 29.5 Å². The lowest BCUT2D eigenvalue weighted by Crippen LogP contribution is -2.22. The molecule has 0 aliphatic heterocycles. The molecule has 1 heterocycles. The molecule has 2 aromatic rings. The summed E-state index contributed by atoms with van der Waals surface area (Å²) in [6.07, 6.45) is 1.79. The van der Waals surface area contributed by atoms with Gasteiger partial charge >= 0.3 is 5.97 Å². The quantitative estimate of drug-likeness (QED) is 0.920. The van der Waals surface area contributed by atoms with Crippen molar-refractivity contribution in [2.45, 2.75) is 34.2 Å². The number of carboxylic acids is 1. The summed E-state index contributed by atoms with van der Waals surface area (Å²) in [5.41, 5.74) is 2.24. The normalized spacial score (nSPS) is 13.7. The minimum atomic E-state index is -0.904. The van der Waals surface area contributed by atoms with Gasteiger partial charge in [0.25, 0.3) is 0 Å². The lowest BCUT2D eigenvalue weighted by atomic mass is 9.82. The summed E-state index contributed by atoms with van der Waals surface area (Å²) in [4.78, 5) is 15.4. The molecule has 0 bridgehead atoms. The zero-order chi connectivity index (χ0) is 14.2. The van der Waals surface area contributed by atoms with E-state index >= 15 is 0 Å². The molecule has 0 spiro atoms. The van der Waals surface area contributed by atoms with Crippen LogP contribution < -0.4 is 0 Å². The van der Waals surface area contributed by atoms with E-state index in [1.54, 1.807) is 24.5 Å². The highest BCUT2D eigenvalue weighted by molar-refractivity contribution is 5.92. The monoisotopic (exact) mass is 260 g/mol. The van der Waals surface area contributed by atoms with Crippen LogP contribution in [0.3, 0.4) is 0 Å². The fraction of sp³-hybridized carbons (Fsp3) is 0.467. The third kappa shape index (κ3) is 2.78. The number of carbonyl (C=O) groups is 1. The first-order valence-corrected chi connectivity index (χ1v) is 6.47. The number of rotatable bonds is 3. The fourth-order valence-corrected chi connectivity index (χ4v) is 1.90. The topological polar surface area (TPSA) is 55.1 Å². The molecule has 4 nitrogen and oxygen atoms in total. The van der Waals surface area contributed by atoms with E-state index < -0.39 is 5.97 Å². The van der Waals surface area contributed by atoms with Crippen LogP contribution >= 0.6 is 0 Å². The lowest BCUT2D eigenvalue weighted by molar-refractivity contribution is 0.0697. The summed E-state index contributed by atoms with van der Waals surface area (Å²) in [6, 6.07) is 5.05. The molecular weight excluding hydrogens is 240 g/mol. The van der Waals surface area contributed by atoms with Gasteiger partial charge in [-0.1, -0.05) is 27.7 Å². The van der Waals surface area contributed by atoms with E-state index in [2.05, 4.69) is 32.7 Å². The van der Waals surface area contributed by atoms with Gasteiger partial charge < -0.3 is 9.67 Å². The van der Waals surface area contributed by atoms with Gasteiger partial charge in [0.1, 0.15) is 0 Å². The predicted molar refractivity (Wildman–Crippen MR) is 75.3 cm³/mol. The maximum Gasteiger partial charge on any atom is 0.335 e. The number of nitrogens with zero attached hydrogens (tertiary/aromatic N) is 2. The van der Waals surface area contributed by atoms with Crippen molar-refractivity contribution < 1.29 is 9.90 Å². The number of fused-ring (bicyclic) bond motifs is 1. The van der Waals surface area contributed by atoms with Gasteiger partial charge in [-0.2, -0.15) is 0 Å². The van der Waals surface area contributed by atoms with E-state index in [9.17, 15) is 4.79 Å². The summed E-state index contributed by atoms with van der Waals surface area (Å²) in [7, 11) is 0. The van der Waals surface area contributed by atoms with Crippen molar-refractivity contribution in [3.8, 4) is 0 Å². The highest BCUT2D eigenvalue weighted by Gasteiger charge is 2.21. The Hall–Kier alpha value is -1.84. The lowest BCUT2D eigenvalue weighted by Gasteiger charge is -2.27. The fourth-order valence-electron chi connectivity index (χ4n) is 1.90. The van der Waals surface area contributed by atoms with Crippen molar-refractivity contribution in [1.29, 1.82) is 0 Å². The number of hydrogen-bond donors (Lipinski definition) is 1. The maximum absolute atomic E-state index is 11.0. The van der Waals surface area contributed by atoms with Crippen LogP contribution in [-0.2, 0) is 6.54 Å². The minimum absolute atomic E-state index is 0.209. The second-order valence-corrected chi connectivity index (χ2v) is 6.17. The molecule has 1 aromatic heterocycles. The Balaban J connectivity index is 2.39. The van der Waals surface area contributed by atoms with Crippen molar-refractivity contribution >= 4 is 17.0 Å². The molecule has 0 aliphatic rings. The first-order valence-electron chi connectivity index (χ1n) is 6.47. The van der Waals surface area contributed by atoms with Gasteiger partial charge in [-0.3, -0.25) is 0 Å². The molecule has 0 saturated heterocycles. The van der Waals surface area contributed by atoms with E-state index in [1.165, 1.54) is 0 Å². The largest absolute Gasteiger partial charge is 0.478 e. The molecule has 0 fully saturated rings. The van der Waals surface area contributed by atoms with E-state index in [1.807, 2.05) is 4.57 Å². The number of benzene rings is 1. The molecule has 1 unspecified atom stereocenters. The van der Waals surface area contributed by atoms with Gasteiger partial charge in [-0.25, -0.2) is 9.78 Å². The van der Waals surface area contributed by atoms with Crippen LogP contribution in [0.2, 0.25) is 0 Å². The smallest absolute Gasteiger partial charge is 0.335 e. The summed E-state index contributed by atoms with van der Waals surface area (Å²) in [5, 5.41) is 9.05. The van der Waals surface area contributed by atoms with Crippen LogP contribution in [0.1, 0.15) is 38.1 Å². The van der Waals surface area contributed by atoms with Crippen LogP contribution in [0, 0.1) is 11.3 Å². The van der Waals surface area contributed by atoms with Gasteiger partial charge in [-0.15, -0.1) is 0 Å². The average Bonchev–Trinajstić information content (AvgIpc) is 2.70. The highest BCUT2D eigenvalue weighted by Crippen LogP contribution is 2.28. The zero-order valence-electron chi connectivity index (χ0n) is 11.8. The molecule has 1 aromatic carbocycles. The Labute approximate surface area is 113 Å². The molecular formula is C15H20N2O2. The summed E-state index contributed by atoms with van der Waals surface area (Å²) in [5.74, 6) is -0.433. The van der Waals surface area contributed by atoms with Crippen molar-refractivity contribution in [2.24, 2.45) is 11.3 Å². The first kappa shape index (κ1) is 13.6. The molecule has 0 amide bonds. The van der Waals surface area contributed by atoms with E-state index in [0.717, 1.165) is 17.6 Å².